The molecule has 5 rings (SSSR count). The van der Waals surface area contributed by atoms with Crippen LogP contribution < -0.4 is 0 Å². The summed E-state index contributed by atoms with van der Waals surface area (Å²) in [6.45, 7) is 6.50. The van der Waals surface area contributed by atoms with Crippen LogP contribution in [0.5, 0.6) is 0 Å². The predicted octanol–water partition coefficient (Wildman–Crippen LogP) is 4.30. The molecule has 0 atom stereocenters. The third-order valence-corrected chi connectivity index (χ3v) is 6.98. The zero-order chi connectivity index (χ0) is 18.4. The van der Waals surface area contributed by atoms with Gasteiger partial charge in [-0.15, -0.1) is 11.8 Å². The molecule has 0 radical (unpaired) electrons. The fourth-order valence-corrected chi connectivity index (χ4v) is 5.40. The van der Waals surface area contributed by atoms with Crippen LogP contribution >= 0.6 is 11.8 Å². The van der Waals surface area contributed by atoms with Crippen LogP contribution in [0.2, 0.25) is 0 Å². The molecule has 3 aromatic rings. The molecule has 0 spiro atoms. The zero-order valence-electron chi connectivity index (χ0n) is 15.6. The Labute approximate surface area is 163 Å². The molecule has 2 aliphatic rings. The summed E-state index contributed by atoms with van der Waals surface area (Å²) in [5.41, 5.74) is 4.90. The Kier molecular flexibility index (Phi) is 4.46. The average molecular weight is 382 g/mol. The molecule has 0 bridgehead atoms. The van der Waals surface area contributed by atoms with Crippen LogP contribution in [0.15, 0.2) is 47.4 Å². The molecule has 140 valence electrons. The molecule has 1 saturated heterocycles. The van der Waals surface area contributed by atoms with Gasteiger partial charge in [-0.05, 0) is 36.9 Å². The number of hydrogen-bond acceptors (Lipinski definition) is 3. The molecule has 0 amide bonds. The van der Waals surface area contributed by atoms with Crippen LogP contribution in [0.3, 0.4) is 0 Å². The van der Waals surface area contributed by atoms with E-state index in [1.54, 1.807) is 12.1 Å². The SMILES string of the molecule is CN1CCN(CCn2c3c(c4ccccc42)CSc2ccc(F)cc2-3)CC1. The van der Waals surface area contributed by atoms with Crippen LogP contribution in [0.1, 0.15) is 5.56 Å². The summed E-state index contributed by atoms with van der Waals surface area (Å²) < 4.78 is 16.5. The lowest BCUT2D eigenvalue weighted by Crippen LogP contribution is -2.45. The molecule has 0 unspecified atom stereocenters. The highest BCUT2D eigenvalue weighted by Crippen LogP contribution is 2.46. The van der Waals surface area contributed by atoms with E-state index in [2.05, 4.69) is 45.7 Å². The Balaban J connectivity index is 1.57. The first-order chi connectivity index (χ1) is 13.2. The Morgan fingerprint density at radius 2 is 1.81 bits per heavy atom. The minimum atomic E-state index is -0.155. The summed E-state index contributed by atoms with van der Waals surface area (Å²) in [7, 11) is 2.19. The Morgan fingerprint density at radius 1 is 1.00 bits per heavy atom. The van der Waals surface area contributed by atoms with Crippen LogP contribution in [0.25, 0.3) is 22.2 Å². The molecule has 0 N–H and O–H groups in total. The molecule has 0 saturated carbocycles. The van der Waals surface area contributed by atoms with E-state index < -0.39 is 0 Å². The summed E-state index contributed by atoms with van der Waals surface area (Å²) >= 11 is 1.82. The fourth-order valence-electron chi connectivity index (χ4n) is 4.34. The number of fused-ring (bicyclic) bond motifs is 5. The summed E-state index contributed by atoms with van der Waals surface area (Å²) in [6.07, 6.45) is 0. The van der Waals surface area contributed by atoms with Gasteiger partial charge in [0.15, 0.2) is 0 Å². The monoisotopic (exact) mass is 381 g/mol. The van der Waals surface area contributed by atoms with E-state index in [0.29, 0.717) is 0 Å². The van der Waals surface area contributed by atoms with E-state index >= 15 is 0 Å². The fraction of sp³-hybridized carbons (Fsp3) is 0.364. The molecule has 2 aliphatic heterocycles. The Morgan fingerprint density at radius 3 is 2.67 bits per heavy atom. The number of thioether (sulfide) groups is 1. The second-order valence-corrected chi connectivity index (χ2v) is 8.59. The first kappa shape index (κ1) is 17.3. The lowest BCUT2D eigenvalue weighted by atomic mass is 10.1. The highest BCUT2D eigenvalue weighted by molar-refractivity contribution is 7.98. The van der Waals surface area contributed by atoms with Gasteiger partial charge >= 0.3 is 0 Å². The van der Waals surface area contributed by atoms with E-state index in [9.17, 15) is 4.39 Å². The lowest BCUT2D eigenvalue weighted by Gasteiger charge is -2.32. The Bertz CT molecular complexity index is 989. The number of likely N-dealkylation sites (N-methyl/N-ethyl adjacent to an activating group) is 1. The van der Waals surface area contributed by atoms with Gasteiger partial charge in [0.25, 0.3) is 0 Å². The molecule has 1 fully saturated rings. The normalized spacial score (nSPS) is 17.9. The number of benzene rings is 2. The second kappa shape index (κ2) is 6.97. The molecule has 27 heavy (non-hydrogen) atoms. The number of rotatable bonds is 3. The van der Waals surface area contributed by atoms with E-state index in [0.717, 1.165) is 50.6 Å². The highest BCUT2D eigenvalue weighted by atomic mass is 32.2. The maximum absolute atomic E-state index is 14.1. The zero-order valence-corrected chi connectivity index (χ0v) is 16.4. The van der Waals surface area contributed by atoms with Crippen molar-refractivity contribution in [3.8, 4) is 11.3 Å². The molecule has 3 nitrogen and oxygen atoms in total. The summed E-state index contributed by atoms with van der Waals surface area (Å²) in [5, 5.41) is 1.31. The van der Waals surface area contributed by atoms with Crippen molar-refractivity contribution in [1.29, 1.82) is 0 Å². The van der Waals surface area contributed by atoms with Crippen molar-refractivity contribution >= 4 is 22.7 Å². The third kappa shape index (κ3) is 3.08. The molecular formula is C22H24FN3S. The summed E-state index contributed by atoms with van der Waals surface area (Å²) in [6, 6.07) is 13.9. The molecular weight excluding hydrogens is 357 g/mol. The molecule has 2 aromatic carbocycles. The molecule has 3 heterocycles. The van der Waals surface area contributed by atoms with Crippen molar-refractivity contribution in [3.63, 3.8) is 0 Å². The average Bonchev–Trinajstić information content (AvgIpc) is 3.02. The Hall–Kier alpha value is -1.82. The largest absolute Gasteiger partial charge is 0.339 e. The van der Waals surface area contributed by atoms with Crippen molar-refractivity contribution in [1.82, 2.24) is 14.4 Å². The molecule has 5 heteroatoms. The van der Waals surface area contributed by atoms with Crippen LogP contribution in [-0.2, 0) is 12.3 Å². The van der Waals surface area contributed by atoms with Gasteiger partial charge in [-0.25, -0.2) is 4.39 Å². The number of hydrogen-bond donors (Lipinski definition) is 0. The standard InChI is InChI=1S/C22H24FN3S/c1-24-8-10-25(11-9-24)12-13-26-20-5-3-2-4-17(20)19-15-27-21-7-6-16(23)14-18(21)22(19)26/h2-7,14H,8-13,15H2,1H3. The van der Waals surface area contributed by atoms with E-state index in [1.807, 2.05) is 17.8 Å². The van der Waals surface area contributed by atoms with Gasteiger partial charge in [-0.2, -0.15) is 0 Å². The first-order valence-corrected chi connectivity index (χ1v) is 10.6. The van der Waals surface area contributed by atoms with Crippen molar-refractivity contribution < 1.29 is 4.39 Å². The minimum Gasteiger partial charge on any atom is -0.339 e. The van der Waals surface area contributed by atoms with E-state index in [4.69, 9.17) is 0 Å². The highest BCUT2D eigenvalue weighted by Gasteiger charge is 2.25. The van der Waals surface area contributed by atoms with Gasteiger partial charge < -0.3 is 9.47 Å². The van der Waals surface area contributed by atoms with Crippen molar-refractivity contribution in [3.05, 3.63) is 53.8 Å². The summed E-state index contributed by atoms with van der Waals surface area (Å²) in [5.74, 6) is 0.800. The predicted molar refractivity (Wildman–Crippen MR) is 111 cm³/mol. The maximum Gasteiger partial charge on any atom is 0.123 e. The minimum absolute atomic E-state index is 0.155. The molecule has 0 aliphatic carbocycles. The van der Waals surface area contributed by atoms with Crippen LogP contribution in [0.4, 0.5) is 4.39 Å². The van der Waals surface area contributed by atoms with E-state index in [-0.39, 0.29) is 5.82 Å². The number of halogens is 1. The van der Waals surface area contributed by atoms with Gasteiger partial charge in [0.05, 0.1) is 5.69 Å². The first-order valence-electron chi connectivity index (χ1n) is 9.64. The van der Waals surface area contributed by atoms with Crippen molar-refractivity contribution in [2.24, 2.45) is 0 Å². The maximum atomic E-state index is 14.1. The topological polar surface area (TPSA) is 11.4 Å². The van der Waals surface area contributed by atoms with Crippen molar-refractivity contribution in [2.75, 3.05) is 39.8 Å². The number of nitrogens with zero attached hydrogens (tertiary/aromatic N) is 3. The van der Waals surface area contributed by atoms with Gasteiger partial charge in [-0.1, -0.05) is 18.2 Å². The van der Waals surface area contributed by atoms with Crippen LogP contribution in [-0.4, -0.2) is 54.1 Å². The third-order valence-electron chi connectivity index (χ3n) is 5.88. The van der Waals surface area contributed by atoms with E-state index in [1.165, 1.54) is 27.1 Å². The second-order valence-electron chi connectivity index (χ2n) is 7.57. The number of piperazine rings is 1. The molecule has 1 aromatic heterocycles. The quantitative estimate of drug-likeness (QED) is 0.671. The van der Waals surface area contributed by atoms with Gasteiger partial charge in [0.2, 0.25) is 0 Å². The number of para-hydroxylation sites is 1. The van der Waals surface area contributed by atoms with Crippen LogP contribution in [0, 0.1) is 5.82 Å². The van der Waals surface area contributed by atoms with Gasteiger partial charge in [0.1, 0.15) is 5.82 Å². The van der Waals surface area contributed by atoms with Gasteiger partial charge in [0, 0.05) is 66.4 Å². The van der Waals surface area contributed by atoms with Gasteiger partial charge in [-0.3, -0.25) is 4.90 Å². The lowest BCUT2D eigenvalue weighted by molar-refractivity contribution is 0.150. The van der Waals surface area contributed by atoms with Crippen molar-refractivity contribution in [2.45, 2.75) is 17.2 Å². The smallest absolute Gasteiger partial charge is 0.123 e. The summed E-state index contributed by atoms with van der Waals surface area (Å²) in [4.78, 5) is 6.12. The number of aromatic nitrogens is 1.